The third-order valence-corrected chi connectivity index (χ3v) is 5.00. The Morgan fingerprint density at radius 2 is 2.03 bits per heavy atom. The van der Waals surface area contributed by atoms with Crippen LogP contribution in [0.3, 0.4) is 0 Å². The number of hydrogen-bond donors (Lipinski definition) is 3. The number of ether oxygens (including phenoxy) is 1. The molecule has 0 amide bonds. The van der Waals surface area contributed by atoms with Crippen LogP contribution in [0.25, 0.3) is 0 Å². The van der Waals surface area contributed by atoms with Crippen LogP contribution < -0.4 is 10.6 Å². The Morgan fingerprint density at radius 3 is 2.72 bits per heavy atom. The predicted molar refractivity (Wildman–Crippen MR) is 114 cm³/mol. The first-order valence-electron chi connectivity index (χ1n) is 9.99. The van der Waals surface area contributed by atoms with Crippen molar-refractivity contribution in [2.24, 2.45) is 0 Å². The van der Waals surface area contributed by atoms with Gasteiger partial charge in [-0.2, -0.15) is 5.26 Å². The van der Waals surface area contributed by atoms with Crippen molar-refractivity contribution in [1.82, 2.24) is 9.88 Å². The SMILES string of the molecule is COCCNc1nc(NCC(C)O)c(C#N)c2c1CN(Cc1ccccc1)CC2. The first kappa shape index (κ1) is 21.1. The van der Waals surface area contributed by atoms with Crippen molar-refractivity contribution in [2.75, 3.05) is 44.0 Å². The zero-order valence-electron chi connectivity index (χ0n) is 17.1. The van der Waals surface area contributed by atoms with Gasteiger partial charge in [0.1, 0.15) is 17.7 Å². The van der Waals surface area contributed by atoms with Crippen LogP contribution in [-0.4, -0.2) is 54.4 Å². The van der Waals surface area contributed by atoms with E-state index in [-0.39, 0.29) is 0 Å². The molecule has 1 aliphatic rings. The molecule has 7 heteroatoms. The molecule has 2 aromatic rings. The molecule has 1 aromatic carbocycles. The highest BCUT2D eigenvalue weighted by atomic mass is 16.5. The second kappa shape index (κ2) is 10.2. The quantitative estimate of drug-likeness (QED) is 0.561. The Morgan fingerprint density at radius 1 is 1.24 bits per heavy atom. The van der Waals surface area contributed by atoms with Gasteiger partial charge >= 0.3 is 0 Å². The van der Waals surface area contributed by atoms with E-state index in [0.717, 1.165) is 43.0 Å². The van der Waals surface area contributed by atoms with E-state index in [9.17, 15) is 10.4 Å². The molecule has 0 fully saturated rings. The monoisotopic (exact) mass is 395 g/mol. The highest BCUT2D eigenvalue weighted by Crippen LogP contribution is 2.32. The number of hydrogen-bond acceptors (Lipinski definition) is 7. The summed E-state index contributed by atoms with van der Waals surface area (Å²) in [6, 6.07) is 12.7. The Kier molecular flexibility index (Phi) is 7.42. The Labute approximate surface area is 172 Å². The lowest BCUT2D eigenvalue weighted by molar-refractivity contribution is 0.208. The minimum absolute atomic E-state index is 0.345. The van der Waals surface area contributed by atoms with E-state index < -0.39 is 6.10 Å². The average Bonchev–Trinajstić information content (AvgIpc) is 2.73. The lowest BCUT2D eigenvalue weighted by atomic mass is 9.95. The minimum Gasteiger partial charge on any atom is -0.392 e. The molecule has 1 atom stereocenters. The molecule has 29 heavy (non-hydrogen) atoms. The highest BCUT2D eigenvalue weighted by Gasteiger charge is 2.25. The normalized spacial score (nSPS) is 14.7. The van der Waals surface area contributed by atoms with Crippen molar-refractivity contribution in [3.63, 3.8) is 0 Å². The molecule has 0 radical (unpaired) electrons. The van der Waals surface area contributed by atoms with Crippen molar-refractivity contribution >= 4 is 11.6 Å². The number of nitriles is 1. The van der Waals surface area contributed by atoms with Gasteiger partial charge in [0.15, 0.2) is 0 Å². The number of nitrogens with one attached hydrogen (secondary N) is 2. The van der Waals surface area contributed by atoms with Crippen LogP contribution in [0.5, 0.6) is 0 Å². The van der Waals surface area contributed by atoms with E-state index in [1.54, 1.807) is 14.0 Å². The largest absolute Gasteiger partial charge is 0.392 e. The standard InChI is InChI=1S/C22H29N5O2/c1-16(28)13-25-21-19(12-23)18-8-10-27(14-17-6-4-3-5-7-17)15-20(18)22(26-21)24-9-11-29-2/h3-7,16,28H,8-11,13-15H2,1-2H3,(H2,24,25,26). The third-order valence-electron chi connectivity index (χ3n) is 5.00. The van der Waals surface area contributed by atoms with Crippen molar-refractivity contribution in [1.29, 1.82) is 5.26 Å². The number of pyridine rings is 1. The molecule has 0 spiro atoms. The van der Waals surface area contributed by atoms with Crippen molar-refractivity contribution in [3.05, 3.63) is 52.6 Å². The van der Waals surface area contributed by atoms with Crippen LogP contribution >= 0.6 is 0 Å². The zero-order valence-corrected chi connectivity index (χ0v) is 17.1. The molecule has 0 saturated carbocycles. The molecular formula is C22H29N5O2. The maximum absolute atomic E-state index is 9.80. The number of rotatable bonds is 9. The van der Waals surface area contributed by atoms with Gasteiger partial charge in [-0.25, -0.2) is 4.98 Å². The van der Waals surface area contributed by atoms with E-state index >= 15 is 0 Å². The zero-order chi connectivity index (χ0) is 20.6. The summed E-state index contributed by atoms with van der Waals surface area (Å²) in [5.74, 6) is 1.31. The lowest BCUT2D eigenvalue weighted by Gasteiger charge is -2.31. The topological polar surface area (TPSA) is 93.4 Å². The van der Waals surface area contributed by atoms with Gasteiger partial charge in [-0.15, -0.1) is 0 Å². The van der Waals surface area contributed by atoms with Gasteiger partial charge in [0, 0.05) is 45.4 Å². The van der Waals surface area contributed by atoms with Crippen LogP contribution in [0.15, 0.2) is 30.3 Å². The van der Waals surface area contributed by atoms with Gasteiger partial charge in [0.2, 0.25) is 0 Å². The van der Waals surface area contributed by atoms with Crippen molar-refractivity contribution in [3.8, 4) is 6.07 Å². The van der Waals surface area contributed by atoms with Crippen LogP contribution in [-0.2, 0) is 24.2 Å². The summed E-state index contributed by atoms with van der Waals surface area (Å²) in [6.07, 6.45) is 0.265. The lowest BCUT2D eigenvalue weighted by Crippen LogP contribution is -2.32. The van der Waals surface area contributed by atoms with Crippen LogP contribution in [0.2, 0.25) is 0 Å². The summed E-state index contributed by atoms with van der Waals surface area (Å²) < 4.78 is 5.16. The van der Waals surface area contributed by atoms with Gasteiger partial charge in [-0.3, -0.25) is 4.90 Å². The molecule has 0 aliphatic carbocycles. The molecule has 7 nitrogen and oxygen atoms in total. The second-order valence-corrected chi connectivity index (χ2v) is 7.35. The number of anilines is 2. The number of aliphatic hydroxyl groups excluding tert-OH is 1. The van der Waals surface area contributed by atoms with Gasteiger partial charge in [-0.1, -0.05) is 30.3 Å². The number of aromatic nitrogens is 1. The van der Waals surface area contributed by atoms with Gasteiger partial charge in [0.05, 0.1) is 18.3 Å². The molecule has 1 aliphatic heterocycles. The van der Waals surface area contributed by atoms with Crippen LogP contribution in [0, 0.1) is 11.3 Å². The van der Waals surface area contributed by atoms with E-state index in [2.05, 4.69) is 45.9 Å². The molecule has 0 saturated heterocycles. The van der Waals surface area contributed by atoms with Gasteiger partial charge < -0.3 is 20.5 Å². The van der Waals surface area contributed by atoms with Gasteiger partial charge in [0.25, 0.3) is 0 Å². The van der Waals surface area contributed by atoms with E-state index in [0.29, 0.717) is 31.1 Å². The molecule has 3 N–H and O–H groups in total. The van der Waals surface area contributed by atoms with E-state index in [1.807, 2.05) is 6.07 Å². The minimum atomic E-state index is -0.523. The molecule has 2 heterocycles. The molecule has 1 unspecified atom stereocenters. The highest BCUT2D eigenvalue weighted by molar-refractivity contribution is 5.66. The average molecular weight is 396 g/mol. The number of nitrogens with zero attached hydrogens (tertiary/aromatic N) is 3. The summed E-state index contributed by atoms with van der Waals surface area (Å²) in [5.41, 5.74) is 3.97. The maximum atomic E-state index is 9.80. The predicted octanol–water partition coefficient (Wildman–Crippen LogP) is 2.36. The molecule has 154 valence electrons. The van der Waals surface area contributed by atoms with Crippen LogP contribution in [0.4, 0.5) is 11.6 Å². The fraction of sp³-hybridized carbons (Fsp3) is 0.455. The first-order valence-corrected chi connectivity index (χ1v) is 9.99. The first-order chi connectivity index (χ1) is 14.1. The van der Waals surface area contributed by atoms with Gasteiger partial charge in [-0.05, 0) is 24.5 Å². The smallest absolute Gasteiger partial charge is 0.146 e. The second-order valence-electron chi connectivity index (χ2n) is 7.35. The Hall–Kier alpha value is -2.66. The summed E-state index contributed by atoms with van der Waals surface area (Å²) in [6.45, 7) is 5.74. The van der Waals surface area contributed by atoms with Crippen LogP contribution in [0.1, 0.15) is 29.2 Å². The number of benzene rings is 1. The summed E-state index contributed by atoms with van der Waals surface area (Å²) in [5, 5.41) is 25.9. The van der Waals surface area contributed by atoms with Crippen molar-refractivity contribution < 1.29 is 9.84 Å². The number of aliphatic hydroxyl groups is 1. The number of methoxy groups -OCH3 is 1. The Balaban J connectivity index is 1.89. The number of fused-ring (bicyclic) bond motifs is 1. The molecule has 3 rings (SSSR count). The maximum Gasteiger partial charge on any atom is 0.146 e. The molecule has 1 aromatic heterocycles. The molecule has 0 bridgehead atoms. The third kappa shape index (κ3) is 5.45. The summed E-state index contributed by atoms with van der Waals surface area (Å²) in [4.78, 5) is 7.08. The Bertz CT molecular complexity index is 849. The van der Waals surface area contributed by atoms with Crippen molar-refractivity contribution in [2.45, 2.75) is 32.5 Å². The summed E-state index contributed by atoms with van der Waals surface area (Å²) in [7, 11) is 1.67. The molecular weight excluding hydrogens is 366 g/mol. The fourth-order valence-corrected chi connectivity index (χ4v) is 3.58. The van der Waals surface area contributed by atoms with E-state index in [1.165, 1.54) is 5.56 Å². The fourth-order valence-electron chi connectivity index (χ4n) is 3.58. The van der Waals surface area contributed by atoms with E-state index in [4.69, 9.17) is 9.72 Å². The summed E-state index contributed by atoms with van der Waals surface area (Å²) >= 11 is 0.